The quantitative estimate of drug-likeness (QED) is 0.351. The Morgan fingerprint density at radius 3 is 2.24 bits per heavy atom. The van der Waals surface area contributed by atoms with E-state index in [0.29, 0.717) is 6.42 Å². The molecule has 0 spiro atoms. The van der Waals surface area contributed by atoms with Crippen LogP contribution in [0.25, 0.3) is 0 Å². The average molecular weight is 245 g/mol. The Labute approximate surface area is 102 Å². The average Bonchev–Trinajstić information content (AvgIpc) is 2.34. The van der Waals surface area contributed by atoms with E-state index in [9.17, 15) is 9.59 Å². The van der Waals surface area contributed by atoms with Gasteiger partial charge in [0, 0.05) is 6.42 Å². The minimum atomic E-state index is -0.849. The lowest BCUT2D eigenvalue weighted by Crippen LogP contribution is -2.29. The Hall–Kier alpha value is -1.10. The third-order valence-corrected chi connectivity index (χ3v) is 2.54. The second-order valence-electron chi connectivity index (χ2n) is 4.11. The van der Waals surface area contributed by atoms with E-state index in [2.05, 4.69) is 17.1 Å². The Morgan fingerprint density at radius 1 is 1.06 bits per heavy atom. The largest absolute Gasteiger partial charge is 0.360 e. The van der Waals surface area contributed by atoms with E-state index in [4.69, 9.17) is 5.26 Å². The summed E-state index contributed by atoms with van der Waals surface area (Å²) in [7, 11) is 0. The van der Waals surface area contributed by atoms with Crippen molar-refractivity contribution in [3.63, 3.8) is 0 Å². The third-order valence-electron chi connectivity index (χ3n) is 2.54. The molecule has 0 aromatic carbocycles. The van der Waals surface area contributed by atoms with Crippen LogP contribution in [0.1, 0.15) is 58.3 Å². The molecule has 0 aliphatic rings. The van der Waals surface area contributed by atoms with Gasteiger partial charge in [0.25, 0.3) is 0 Å². The van der Waals surface area contributed by atoms with Crippen molar-refractivity contribution in [1.29, 1.82) is 0 Å². The molecule has 0 heterocycles. The predicted octanol–water partition coefficient (Wildman–Crippen LogP) is 2.26. The molecule has 0 bridgehead atoms. The number of rotatable bonds is 10. The Morgan fingerprint density at radius 2 is 1.65 bits per heavy atom. The molecule has 1 amide bonds. The highest BCUT2D eigenvalue weighted by Gasteiger charge is 2.05. The lowest BCUT2D eigenvalue weighted by atomic mass is 10.1. The highest BCUT2D eigenvalue weighted by Crippen LogP contribution is 2.08. The van der Waals surface area contributed by atoms with E-state index < -0.39 is 5.97 Å². The van der Waals surface area contributed by atoms with Crippen LogP contribution < -0.4 is 5.32 Å². The topological polar surface area (TPSA) is 75.6 Å². The van der Waals surface area contributed by atoms with Gasteiger partial charge in [-0.3, -0.25) is 9.68 Å². The highest BCUT2D eigenvalue weighted by molar-refractivity contribution is 5.81. The van der Waals surface area contributed by atoms with Crippen molar-refractivity contribution in [2.75, 3.05) is 6.54 Å². The van der Waals surface area contributed by atoms with E-state index in [1.807, 2.05) is 0 Å². The molecule has 0 saturated carbocycles. The first kappa shape index (κ1) is 15.9. The first-order valence-corrected chi connectivity index (χ1v) is 6.31. The van der Waals surface area contributed by atoms with Gasteiger partial charge < -0.3 is 5.32 Å². The summed E-state index contributed by atoms with van der Waals surface area (Å²) in [6, 6.07) is 0. The molecule has 100 valence electrons. The Kier molecular flexibility index (Phi) is 10.7. The second-order valence-corrected chi connectivity index (χ2v) is 4.11. The molecule has 0 saturated heterocycles. The summed E-state index contributed by atoms with van der Waals surface area (Å²) in [5.41, 5.74) is 0. The van der Waals surface area contributed by atoms with Crippen molar-refractivity contribution in [3.8, 4) is 0 Å². The molecule has 17 heavy (non-hydrogen) atoms. The maximum absolute atomic E-state index is 11.2. The number of carbonyl (C=O) groups excluding carboxylic acids is 2. The van der Waals surface area contributed by atoms with Crippen LogP contribution in [-0.2, 0) is 14.5 Å². The normalized spacial score (nSPS) is 10.0. The summed E-state index contributed by atoms with van der Waals surface area (Å²) in [6.45, 7) is 1.91. The van der Waals surface area contributed by atoms with Crippen LogP contribution in [0, 0.1) is 0 Å². The van der Waals surface area contributed by atoms with Gasteiger partial charge in [-0.2, -0.15) is 5.26 Å². The monoisotopic (exact) mass is 245 g/mol. The second kappa shape index (κ2) is 11.4. The van der Waals surface area contributed by atoms with Crippen LogP contribution in [0.15, 0.2) is 0 Å². The molecule has 0 rings (SSSR count). The molecule has 5 nitrogen and oxygen atoms in total. The zero-order chi connectivity index (χ0) is 12.9. The van der Waals surface area contributed by atoms with Gasteiger partial charge in [0.1, 0.15) is 6.54 Å². The molecular formula is C12H23NO4. The molecule has 0 unspecified atom stereocenters. The van der Waals surface area contributed by atoms with Gasteiger partial charge in [-0.15, -0.1) is 0 Å². The van der Waals surface area contributed by atoms with E-state index >= 15 is 0 Å². The number of nitrogens with one attached hydrogen (secondary N) is 1. The van der Waals surface area contributed by atoms with Crippen molar-refractivity contribution in [1.82, 2.24) is 5.32 Å². The summed E-state index contributed by atoms with van der Waals surface area (Å²) in [5, 5.41) is 10.3. The van der Waals surface area contributed by atoms with Gasteiger partial charge in [-0.05, 0) is 6.42 Å². The number of hydrogen-bond donors (Lipinski definition) is 2. The van der Waals surface area contributed by atoms with Crippen LogP contribution in [0.5, 0.6) is 0 Å². The molecule has 0 aromatic heterocycles. The summed E-state index contributed by atoms with van der Waals surface area (Å²) < 4.78 is 0. The standard InChI is InChI=1S/C12H23NO4/c1-2-3-4-5-6-7-8-9-11(14)13-10-12(15)17-16/h16H,2-10H2,1H3,(H,13,14). The summed E-state index contributed by atoms with van der Waals surface area (Å²) in [4.78, 5) is 25.1. The minimum absolute atomic E-state index is 0.177. The lowest BCUT2D eigenvalue weighted by Gasteiger charge is -2.03. The zero-order valence-corrected chi connectivity index (χ0v) is 10.5. The van der Waals surface area contributed by atoms with Gasteiger partial charge >= 0.3 is 5.97 Å². The fraction of sp³-hybridized carbons (Fsp3) is 0.833. The van der Waals surface area contributed by atoms with Crippen molar-refractivity contribution in [3.05, 3.63) is 0 Å². The molecule has 0 aliphatic carbocycles. The fourth-order valence-electron chi connectivity index (χ4n) is 1.53. The first-order chi connectivity index (χ1) is 8.20. The predicted molar refractivity (Wildman–Crippen MR) is 64.3 cm³/mol. The molecule has 0 atom stereocenters. The molecular weight excluding hydrogens is 222 g/mol. The molecule has 0 fully saturated rings. The molecule has 2 N–H and O–H groups in total. The molecule has 0 aliphatic heterocycles. The third kappa shape index (κ3) is 11.2. The smallest absolute Gasteiger partial charge is 0.345 e. The molecule has 0 radical (unpaired) electrons. The lowest BCUT2D eigenvalue weighted by molar-refractivity contribution is -0.233. The Bertz CT molecular complexity index is 219. The van der Waals surface area contributed by atoms with Crippen LogP contribution in [0.4, 0.5) is 0 Å². The highest BCUT2D eigenvalue weighted by atomic mass is 17.1. The minimum Gasteiger partial charge on any atom is -0.345 e. The van der Waals surface area contributed by atoms with E-state index in [-0.39, 0.29) is 12.5 Å². The number of carbonyl (C=O) groups is 2. The number of unbranched alkanes of at least 4 members (excludes halogenated alkanes) is 6. The van der Waals surface area contributed by atoms with Gasteiger partial charge in [0.2, 0.25) is 5.91 Å². The van der Waals surface area contributed by atoms with Crippen LogP contribution in [-0.4, -0.2) is 23.7 Å². The van der Waals surface area contributed by atoms with Crippen LogP contribution in [0.2, 0.25) is 0 Å². The maximum Gasteiger partial charge on any atom is 0.360 e. The number of hydrogen-bond acceptors (Lipinski definition) is 4. The number of amides is 1. The van der Waals surface area contributed by atoms with Gasteiger partial charge in [0.15, 0.2) is 0 Å². The SMILES string of the molecule is CCCCCCCCCC(=O)NCC(=O)OO. The summed E-state index contributed by atoms with van der Waals surface area (Å²) in [6.07, 6.45) is 8.48. The zero-order valence-electron chi connectivity index (χ0n) is 10.5. The van der Waals surface area contributed by atoms with Gasteiger partial charge in [0.05, 0.1) is 0 Å². The van der Waals surface area contributed by atoms with E-state index in [0.717, 1.165) is 19.3 Å². The van der Waals surface area contributed by atoms with Gasteiger partial charge in [-0.1, -0.05) is 45.4 Å². The van der Waals surface area contributed by atoms with Gasteiger partial charge in [-0.25, -0.2) is 4.79 Å². The Balaban J connectivity index is 3.25. The van der Waals surface area contributed by atoms with Crippen molar-refractivity contribution in [2.45, 2.75) is 58.3 Å². The van der Waals surface area contributed by atoms with Crippen molar-refractivity contribution >= 4 is 11.9 Å². The summed E-state index contributed by atoms with van der Waals surface area (Å²) in [5.74, 6) is -1.03. The molecule has 0 aromatic rings. The van der Waals surface area contributed by atoms with E-state index in [1.165, 1.54) is 25.7 Å². The first-order valence-electron chi connectivity index (χ1n) is 6.31. The van der Waals surface area contributed by atoms with E-state index in [1.54, 1.807) is 0 Å². The van der Waals surface area contributed by atoms with Crippen LogP contribution in [0.3, 0.4) is 0 Å². The maximum atomic E-state index is 11.2. The van der Waals surface area contributed by atoms with Crippen LogP contribution >= 0.6 is 0 Å². The summed E-state index contributed by atoms with van der Waals surface area (Å²) >= 11 is 0. The molecule has 5 heteroatoms. The van der Waals surface area contributed by atoms with Crippen molar-refractivity contribution in [2.24, 2.45) is 0 Å². The van der Waals surface area contributed by atoms with Crippen molar-refractivity contribution < 1.29 is 19.7 Å². The fourth-order valence-corrected chi connectivity index (χ4v) is 1.53.